The van der Waals surface area contributed by atoms with E-state index >= 15 is 0 Å². The number of imidazole rings is 1. The summed E-state index contributed by atoms with van der Waals surface area (Å²) in [5, 5.41) is 0. The molecule has 1 heterocycles. The number of rotatable bonds is 2. The van der Waals surface area contributed by atoms with E-state index in [0.29, 0.717) is 17.6 Å². The molecule has 3 rings (SSSR count). The average Bonchev–Trinajstić information content (AvgIpc) is 2.86. The number of nitrogens with zero attached hydrogens (tertiary/aromatic N) is 1. The van der Waals surface area contributed by atoms with Gasteiger partial charge >= 0.3 is 0 Å². The molecule has 0 saturated carbocycles. The van der Waals surface area contributed by atoms with Crippen LogP contribution in [0, 0.1) is 17.5 Å². The summed E-state index contributed by atoms with van der Waals surface area (Å²) in [6, 6.07) is 7.19. The molecule has 0 atom stereocenters. The first kappa shape index (κ1) is 12.7. The third-order valence-electron chi connectivity index (χ3n) is 3.04. The van der Waals surface area contributed by atoms with E-state index in [2.05, 4.69) is 9.97 Å². The molecule has 0 spiro atoms. The highest BCUT2D eigenvalue weighted by Crippen LogP contribution is 2.24. The minimum absolute atomic E-state index is 0.145. The molecule has 102 valence electrons. The number of nitrogens with one attached hydrogen (secondary N) is 1. The van der Waals surface area contributed by atoms with Crippen molar-refractivity contribution in [1.82, 2.24) is 9.97 Å². The minimum Gasteiger partial charge on any atom is -0.338 e. The van der Waals surface area contributed by atoms with Crippen LogP contribution in [-0.4, -0.2) is 9.97 Å². The lowest BCUT2D eigenvalue weighted by atomic mass is 10.2. The zero-order valence-corrected chi connectivity index (χ0v) is 10.3. The molecule has 0 saturated heterocycles. The highest BCUT2D eigenvalue weighted by molar-refractivity contribution is 5.80. The van der Waals surface area contributed by atoms with E-state index in [9.17, 15) is 13.2 Å². The molecule has 6 heteroatoms. The molecule has 0 unspecified atom stereocenters. The van der Waals surface area contributed by atoms with Crippen molar-refractivity contribution in [3.8, 4) is 11.4 Å². The Morgan fingerprint density at radius 1 is 1.05 bits per heavy atom. The minimum atomic E-state index is -1.49. The average molecular weight is 277 g/mol. The highest BCUT2D eigenvalue weighted by Gasteiger charge is 2.14. The van der Waals surface area contributed by atoms with Crippen LogP contribution < -0.4 is 5.73 Å². The summed E-state index contributed by atoms with van der Waals surface area (Å²) < 4.78 is 39.4. The number of benzene rings is 2. The Morgan fingerprint density at radius 3 is 2.40 bits per heavy atom. The van der Waals surface area contributed by atoms with Crippen LogP contribution in [0.3, 0.4) is 0 Å². The molecule has 1 aromatic heterocycles. The summed E-state index contributed by atoms with van der Waals surface area (Å²) in [4.78, 5) is 7.16. The number of halogens is 3. The van der Waals surface area contributed by atoms with Crippen molar-refractivity contribution < 1.29 is 13.2 Å². The molecule has 3 nitrogen and oxygen atoms in total. The normalized spacial score (nSPS) is 11.2. The van der Waals surface area contributed by atoms with Crippen LogP contribution in [0.25, 0.3) is 22.4 Å². The Labute approximate surface area is 112 Å². The standard InChI is InChI=1S/C14H10F3N3/c15-9-4-8(5-10(16)13(9)17)14-19-11-2-1-7(6-18)3-12(11)20-14/h1-5H,6,18H2,(H,19,20). The van der Waals surface area contributed by atoms with E-state index in [0.717, 1.165) is 17.7 Å². The second-order valence-corrected chi connectivity index (χ2v) is 4.39. The zero-order chi connectivity index (χ0) is 14.3. The van der Waals surface area contributed by atoms with E-state index in [1.807, 2.05) is 12.1 Å². The van der Waals surface area contributed by atoms with Gasteiger partial charge in [-0.15, -0.1) is 0 Å². The molecule has 0 radical (unpaired) electrons. The Bertz CT molecular complexity index is 772. The smallest absolute Gasteiger partial charge is 0.194 e. The first-order valence-electron chi connectivity index (χ1n) is 5.92. The third kappa shape index (κ3) is 2.04. The molecule has 0 fully saturated rings. The van der Waals surface area contributed by atoms with Gasteiger partial charge in [0.25, 0.3) is 0 Å². The lowest BCUT2D eigenvalue weighted by Gasteiger charge is -1.99. The summed E-state index contributed by atoms with van der Waals surface area (Å²) in [7, 11) is 0. The zero-order valence-electron chi connectivity index (χ0n) is 10.3. The fourth-order valence-electron chi connectivity index (χ4n) is 2.01. The Kier molecular flexibility index (Phi) is 2.94. The Morgan fingerprint density at radius 2 is 1.75 bits per heavy atom. The van der Waals surface area contributed by atoms with Crippen molar-refractivity contribution in [2.75, 3.05) is 0 Å². The first-order chi connectivity index (χ1) is 9.58. The number of hydrogen-bond donors (Lipinski definition) is 2. The fourth-order valence-corrected chi connectivity index (χ4v) is 2.01. The predicted octanol–water partition coefficient (Wildman–Crippen LogP) is 3.11. The molecule has 20 heavy (non-hydrogen) atoms. The summed E-state index contributed by atoms with van der Waals surface area (Å²) in [6.45, 7) is 0.379. The van der Waals surface area contributed by atoms with E-state index in [1.54, 1.807) is 6.07 Å². The van der Waals surface area contributed by atoms with Crippen molar-refractivity contribution >= 4 is 11.0 Å². The second kappa shape index (κ2) is 4.64. The van der Waals surface area contributed by atoms with E-state index in [-0.39, 0.29) is 11.4 Å². The molecular formula is C14H10F3N3. The van der Waals surface area contributed by atoms with E-state index in [1.165, 1.54) is 0 Å². The summed E-state index contributed by atoms with van der Waals surface area (Å²) in [5.41, 5.74) is 7.93. The molecule has 0 aliphatic heterocycles. The van der Waals surface area contributed by atoms with Crippen LogP contribution in [0.4, 0.5) is 13.2 Å². The van der Waals surface area contributed by atoms with Gasteiger partial charge < -0.3 is 10.7 Å². The Balaban J connectivity index is 2.14. The third-order valence-corrected chi connectivity index (χ3v) is 3.04. The lowest BCUT2D eigenvalue weighted by molar-refractivity contribution is 0.447. The van der Waals surface area contributed by atoms with Gasteiger partial charge in [-0.3, -0.25) is 0 Å². The summed E-state index contributed by atoms with van der Waals surface area (Å²) >= 11 is 0. The monoisotopic (exact) mass is 277 g/mol. The van der Waals surface area contributed by atoms with Crippen LogP contribution in [0.1, 0.15) is 5.56 Å². The lowest BCUT2D eigenvalue weighted by Crippen LogP contribution is -1.95. The maximum absolute atomic E-state index is 13.2. The quantitative estimate of drug-likeness (QED) is 0.707. The van der Waals surface area contributed by atoms with Crippen molar-refractivity contribution in [3.63, 3.8) is 0 Å². The molecule has 3 aromatic rings. The highest BCUT2D eigenvalue weighted by atomic mass is 19.2. The maximum atomic E-state index is 13.2. The van der Waals surface area contributed by atoms with E-state index in [4.69, 9.17) is 5.73 Å². The number of fused-ring (bicyclic) bond motifs is 1. The van der Waals surface area contributed by atoms with Crippen molar-refractivity contribution in [2.45, 2.75) is 6.54 Å². The van der Waals surface area contributed by atoms with Gasteiger partial charge in [-0.05, 0) is 29.8 Å². The van der Waals surface area contributed by atoms with Crippen LogP contribution in [-0.2, 0) is 6.54 Å². The largest absolute Gasteiger partial charge is 0.338 e. The topological polar surface area (TPSA) is 54.7 Å². The molecular weight excluding hydrogens is 267 g/mol. The number of nitrogens with two attached hydrogens (primary N) is 1. The van der Waals surface area contributed by atoms with Gasteiger partial charge in [0.2, 0.25) is 0 Å². The van der Waals surface area contributed by atoms with Crippen molar-refractivity contribution in [2.24, 2.45) is 5.73 Å². The molecule has 2 aromatic carbocycles. The van der Waals surface area contributed by atoms with Gasteiger partial charge in [0.1, 0.15) is 5.82 Å². The van der Waals surface area contributed by atoms with E-state index < -0.39 is 17.5 Å². The van der Waals surface area contributed by atoms with Crippen molar-refractivity contribution in [3.05, 3.63) is 53.3 Å². The van der Waals surface area contributed by atoms with Gasteiger partial charge in [-0.25, -0.2) is 18.2 Å². The molecule has 0 amide bonds. The van der Waals surface area contributed by atoms with Gasteiger partial charge in [0, 0.05) is 12.1 Å². The fraction of sp³-hybridized carbons (Fsp3) is 0.0714. The molecule has 0 aliphatic carbocycles. The molecule has 0 aliphatic rings. The van der Waals surface area contributed by atoms with Crippen LogP contribution in [0.2, 0.25) is 0 Å². The summed E-state index contributed by atoms with van der Waals surface area (Å²) in [6.07, 6.45) is 0. The van der Waals surface area contributed by atoms with Gasteiger partial charge in [-0.2, -0.15) is 0 Å². The van der Waals surface area contributed by atoms with Crippen LogP contribution in [0.5, 0.6) is 0 Å². The SMILES string of the molecule is NCc1ccc2nc(-c3cc(F)c(F)c(F)c3)[nH]c2c1. The number of aromatic nitrogens is 2. The van der Waals surface area contributed by atoms with Gasteiger partial charge in [0.05, 0.1) is 11.0 Å². The van der Waals surface area contributed by atoms with Gasteiger partial charge in [-0.1, -0.05) is 6.07 Å². The number of H-pyrrole nitrogens is 1. The molecule has 3 N–H and O–H groups in total. The maximum Gasteiger partial charge on any atom is 0.194 e. The number of aromatic amines is 1. The predicted molar refractivity (Wildman–Crippen MR) is 69.3 cm³/mol. The second-order valence-electron chi connectivity index (χ2n) is 4.39. The van der Waals surface area contributed by atoms with Gasteiger partial charge in [0.15, 0.2) is 17.5 Å². The first-order valence-corrected chi connectivity index (χ1v) is 5.92. The van der Waals surface area contributed by atoms with Crippen LogP contribution >= 0.6 is 0 Å². The number of hydrogen-bond acceptors (Lipinski definition) is 2. The summed E-state index contributed by atoms with van der Waals surface area (Å²) in [5.74, 6) is -3.71. The van der Waals surface area contributed by atoms with Crippen LogP contribution in [0.15, 0.2) is 30.3 Å². The Hall–Kier alpha value is -2.34. The molecule has 0 bridgehead atoms. The van der Waals surface area contributed by atoms with Crippen molar-refractivity contribution in [1.29, 1.82) is 0 Å².